The first kappa shape index (κ1) is 11.3. The van der Waals surface area contributed by atoms with Gasteiger partial charge in [-0.25, -0.2) is 10.3 Å². The Morgan fingerprint density at radius 1 is 1.62 bits per heavy atom. The van der Waals surface area contributed by atoms with Crippen LogP contribution >= 0.6 is 0 Å². The van der Waals surface area contributed by atoms with Crippen molar-refractivity contribution in [2.45, 2.75) is 0 Å². The highest BCUT2D eigenvalue weighted by Crippen LogP contribution is 1.82. The minimum Gasteiger partial charge on any atom is -0.444 e. The summed E-state index contributed by atoms with van der Waals surface area (Å²) >= 11 is 0. The number of carbonyl (C=O) groups excluding carboxylic acids is 2. The number of nitrogens with zero attached hydrogens (tertiary/aromatic N) is 1. The number of rotatable bonds is 4. The molecule has 13 heavy (non-hydrogen) atoms. The predicted molar refractivity (Wildman–Crippen MR) is 45.2 cm³/mol. The Bertz CT molecular complexity index is 225. The molecule has 0 atom stereocenters. The molecule has 72 valence electrons. The lowest BCUT2D eigenvalue weighted by atomic mass is 10.7. The van der Waals surface area contributed by atoms with Gasteiger partial charge in [0.2, 0.25) is 0 Å². The molecule has 0 radical (unpaired) electrons. The molecule has 6 heteroatoms. The first-order valence-electron chi connectivity index (χ1n) is 3.35. The van der Waals surface area contributed by atoms with E-state index in [0.717, 1.165) is 6.21 Å². The van der Waals surface area contributed by atoms with Gasteiger partial charge in [-0.15, -0.1) is 0 Å². The average Bonchev–Trinajstić information content (AvgIpc) is 2.12. The highest BCUT2D eigenvalue weighted by molar-refractivity contribution is 6.27. The molecule has 0 saturated heterocycles. The van der Waals surface area contributed by atoms with Gasteiger partial charge in [-0.3, -0.25) is 9.63 Å². The van der Waals surface area contributed by atoms with Crippen LogP contribution < -0.4 is 5.48 Å². The maximum absolute atomic E-state index is 10.6. The second-order valence-electron chi connectivity index (χ2n) is 1.79. The topological polar surface area (TPSA) is 77.0 Å². The van der Waals surface area contributed by atoms with Gasteiger partial charge in [-0.1, -0.05) is 12.7 Å². The van der Waals surface area contributed by atoms with E-state index in [1.807, 2.05) is 5.48 Å². The van der Waals surface area contributed by atoms with E-state index in [2.05, 4.69) is 21.1 Å². The molecule has 0 aliphatic heterocycles. The zero-order valence-corrected chi connectivity index (χ0v) is 7.15. The molecule has 0 aliphatic rings. The molecule has 0 rings (SSSR count). The number of aliphatic imine (C=N–C) groups is 1. The third-order valence-electron chi connectivity index (χ3n) is 0.815. The lowest BCUT2D eigenvalue weighted by Crippen LogP contribution is -2.23. The fourth-order valence-electron chi connectivity index (χ4n) is 0.406. The third-order valence-corrected chi connectivity index (χ3v) is 0.815. The first-order valence-corrected chi connectivity index (χ1v) is 3.35. The van der Waals surface area contributed by atoms with Crippen molar-refractivity contribution in [3.63, 3.8) is 0 Å². The second-order valence-corrected chi connectivity index (χ2v) is 1.79. The Balaban J connectivity index is 3.75. The minimum absolute atomic E-state index is 0.0576. The van der Waals surface area contributed by atoms with Gasteiger partial charge in [0, 0.05) is 0 Å². The predicted octanol–water partition coefficient (Wildman–Crippen LogP) is 0.0574. The van der Waals surface area contributed by atoms with E-state index in [9.17, 15) is 9.59 Å². The van der Waals surface area contributed by atoms with Crippen LogP contribution in [0.1, 0.15) is 0 Å². The average molecular weight is 186 g/mol. The van der Waals surface area contributed by atoms with E-state index in [-0.39, 0.29) is 6.61 Å². The molecule has 0 aromatic heterocycles. The van der Waals surface area contributed by atoms with Crippen LogP contribution in [0.2, 0.25) is 0 Å². The van der Waals surface area contributed by atoms with E-state index in [0.29, 0.717) is 0 Å². The molecule has 1 N–H and O–H groups in total. The van der Waals surface area contributed by atoms with Crippen molar-refractivity contribution in [3.8, 4) is 0 Å². The third kappa shape index (κ3) is 6.70. The lowest BCUT2D eigenvalue weighted by molar-refractivity contribution is -0.123. The molecule has 0 saturated carbocycles. The van der Waals surface area contributed by atoms with Gasteiger partial charge < -0.3 is 4.74 Å². The van der Waals surface area contributed by atoms with Gasteiger partial charge in [0.1, 0.15) is 12.8 Å². The summed E-state index contributed by atoms with van der Waals surface area (Å²) in [6.45, 7) is 3.39. The lowest BCUT2D eigenvalue weighted by Gasteiger charge is -1.95. The van der Waals surface area contributed by atoms with Crippen molar-refractivity contribution in [1.29, 1.82) is 0 Å². The van der Waals surface area contributed by atoms with Gasteiger partial charge in [-0.2, -0.15) is 4.99 Å². The summed E-state index contributed by atoms with van der Waals surface area (Å²) in [6, 6.07) is 0. The summed E-state index contributed by atoms with van der Waals surface area (Å²) in [5, 5.41) is 0. The number of hydroxylamine groups is 1. The Labute approximate surface area is 75.2 Å². The smallest absolute Gasteiger partial charge is 0.434 e. The van der Waals surface area contributed by atoms with Gasteiger partial charge in [0.15, 0.2) is 0 Å². The van der Waals surface area contributed by atoms with Gasteiger partial charge >= 0.3 is 6.09 Å². The molecule has 0 aromatic rings. The minimum atomic E-state index is -0.855. The SMILES string of the molecule is C=CCOC(=O)/N=C/C(=O)NOC. The molecule has 0 spiro atoms. The van der Waals surface area contributed by atoms with Crippen molar-refractivity contribution >= 4 is 18.2 Å². The van der Waals surface area contributed by atoms with Gasteiger partial charge in [0.25, 0.3) is 5.91 Å². The number of amides is 2. The Kier molecular flexibility index (Phi) is 6.08. The van der Waals surface area contributed by atoms with Crippen LogP contribution in [0.4, 0.5) is 4.79 Å². The molecule has 0 unspecified atom stereocenters. The summed E-state index contributed by atoms with van der Waals surface area (Å²) in [5.74, 6) is -0.641. The van der Waals surface area contributed by atoms with Crippen LogP contribution in [0.15, 0.2) is 17.6 Å². The van der Waals surface area contributed by atoms with Crippen LogP contribution in [0, 0.1) is 0 Å². The molecule has 0 aromatic carbocycles. The van der Waals surface area contributed by atoms with Crippen molar-refractivity contribution in [3.05, 3.63) is 12.7 Å². The second kappa shape index (κ2) is 6.99. The summed E-state index contributed by atoms with van der Waals surface area (Å²) in [5.41, 5.74) is 1.94. The molecule has 0 heterocycles. The van der Waals surface area contributed by atoms with Crippen LogP contribution in [0.3, 0.4) is 0 Å². The van der Waals surface area contributed by atoms with E-state index < -0.39 is 12.0 Å². The fraction of sp³-hybridized carbons (Fsp3) is 0.286. The fourth-order valence-corrected chi connectivity index (χ4v) is 0.406. The maximum atomic E-state index is 10.6. The zero-order chi connectivity index (χ0) is 10.1. The normalized spacial score (nSPS) is 9.62. The molecular formula is C7H10N2O4. The summed E-state index contributed by atoms with van der Waals surface area (Å²) in [7, 11) is 1.27. The van der Waals surface area contributed by atoms with Gasteiger partial charge in [0.05, 0.1) is 7.11 Å². The van der Waals surface area contributed by atoms with E-state index >= 15 is 0 Å². The maximum Gasteiger partial charge on any atom is 0.434 e. The quantitative estimate of drug-likeness (QED) is 0.382. The number of hydrogen-bond donors (Lipinski definition) is 1. The molecule has 0 fully saturated rings. The molecule has 6 nitrogen and oxygen atoms in total. The molecule has 0 bridgehead atoms. The van der Waals surface area contributed by atoms with Crippen molar-refractivity contribution < 1.29 is 19.2 Å². The van der Waals surface area contributed by atoms with E-state index in [1.54, 1.807) is 0 Å². The Hall–Kier alpha value is -1.69. The number of ether oxygens (including phenoxy) is 1. The highest BCUT2D eigenvalue weighted by Gasteiger charge is 1.98. The van der Waals surface area contributed by atoms with E-state index in [4.69, 9.17) is 0 Å². The standard InChI is InChI=1S/C7H10N2O4/c1-3-4-13-7(11)8-5-6(10)9-12-2/h3,5H,1,4H2,2H3,(H,9,10)/b8-5+. The highest BCUT2D eigenvalue weighted by atomic mass is 16.6. The Morgan fingerprint density at radius 3 is 2.85 bits per heavy atom. The molecule has 0 aliphatic carbocycles. The number of nitrogens with one attached hydrogen (secondary N) is 1. The van der Waals surface area contributed by atoms with Crippen molar-refractivity contribution in [2.75, 3.05) is 13.7 Å². The van der Waals surface area contributed by atoms with Crippen LogP contribution in [0.25, 0.3) is 0 Å². The summed E-state index contributed by atoms with van der Waals surface area (Å²) in [6.07, 6.45) is 1.29. The van der Waals surface area contributed by atoms with Crippen molar-refractivity contribution in [2.24, 2.45) is 4.99 Å². The van der Waals surface area contributed by atoms with Crippen LogP contribution in [-0.4, -0.2) is 31.9 Å². The number of carbonyl (C=O) groups is 2. The monoisotopic (exact) mass is 186 g/mol. The summed E-state index contributed by atoms with van der Waals surface area (Å²) < 4.78 is 4.44. The Morgan fingerprint density at radius 2 is 2.31 bits per heavy atom. The van der Waals surface area contributed by atoms with E-state index in [1.165, 1.54) is 13.2 Å². The van der Waals surface area contributed by atoms with Gasteiger partial charge in [-0.05, 0) is 0 Å². The zero-order valence-electron chi connectivity index (χ0n) is 7.15. The molecular weight excluding hydrogens is 176 g/mol. The van der Waals surface area contributed by atoms with Crippen LogP contribution in [0.5, 0.6) is 0 Å². The first-order chi connectivity index (χ1) is 6.20. The van der Waals surface area contributed by atoms with Crippen molar-refractivity contribution in [1.82, 2.24) is 5.48 Å². The largest absolute Gasteiger partial charge is 0.444 e. The number of hydrogen-bond acceptors (Lipinski definition) is 4. The molecule has 2 amide bonds. The van der Waals surface area contributed by atoms with Crippen LogP contribution in [-0.2, 0) is 14.4 Å². The summed E-state index contributed by atoms with van der Waals surface area (Å²) in [4.78, 5) is 28.6.